The number of rotatable bonds is 5. The lowest BCUT2D eigenvalue weighted by atomic mass is 9.93. The van der Waals surface area contributed by atoms with Crippen molar-refractivity contribution in [2.45, 2.75) is 38.4 Å². The van der Waals surface area contributed by atoms with E-state index < -0.39 is 0 Å². The summed E-state index contributed by atoms with van der Waals surface area (Å²) in [4.78, 5) is 29.9. The number of nitrogens with zero attached hydrogens (tertiary/aromatic N) is 2. The van der Waals surface area contributed by atoms with Crippen LogP contribution in [-0.4, -0.2) is 47.9 Å². The molecule has 2 aliphatic heterocycles. The minimum Gasteiger partial charge on any atom is -0.469 e. The molecule has 5 nitrogen and oxygen atoms in total. The van der Waals surface area contributed by atoms with E-state index in [1.165, 1.54) is 18.2 Å². The Kier molecular flexibility index (Phi) is 5.67. The summed E-state index contributed by atoms with van der Waals surface area (Å²) in [5.74, 6) is -0.460. The highest BCUT2D eigenvalue weighted by molar-refractivity contribution is 5.83. The van der Waals surface area contributed by atoms with Crippen molar-refractivity contribution in [1.82, 2.24) is 9.80 Å². The van der Waals surface area contributed by atoms with Gasteiger partial charge in [-0.2, -0.15) is 0 Å². The van der Waals surface area contributed by atoms with Gasteiger partial charge in [-0.1, -0.05) is 61.5 Å². The predicted molar refractivity (Wildman–Crippen MR) is 111 cm³/mol. The van der Waals surface area contributed by atoms with Crippen LogP contribution in [0.1, 0.15) is 36.1 Å². The van der Waals surface area contributed by atoms with Crippen LogP contribution in [0.4, 0.5) is 0 Å². The number of carbonyl (C=O) groups is 2. The number of benzene rings is 2. The van der Waals surface area contributed by atoms with E-state index in [9.17, 15) is 9.59 Å². The number of amides is 1. The second kappa shape index (κ2) is 8.37. The van der Waals surface area contributed by atoms with Crippen LogP contribution in [-0.2, 0) is 27.3 Å². The molecular weight excluding hydrogens is 364 g/mol. The third-order valence-electron chi connectivity index (χ3n) is 6.25. The van der Waals surface area contributed by atoms with Gasteiger partial charge in [-0.3, -0.25) is 14.5 Å². The number of carbonyl (C=O) groups excluding carboxylic acids is 2. The number of aryl methyl sites for hydroxylation is 1. The van der Waals surface area contributed by atoms with E-state index in [1.807, 2.05) is 35.2 Å². The molecule has 0 unspecified atom stereocenters. The average molecular weight is 392 g/mol. The van der Waals surface area contributed by atoms with Crippen molar-refractivity contribution in [2.75, 3.05) is 20.2 Å². The van der Waals surface area contributed by atoms with Crippen LogP contribution >= 0.6 is 0 Å². The minimum atomic E-state index is -0.320. The molecule has 0 radical (unpaired) electrons. The normalized spacial score (nSPS) is 24.4. The summed E-state index contributed by atoms with van der Waals surface area (Å²) < 4.78 is 5.09. The first-order valence-electron chi connectivity index (χ1n) is 10.4. The summed E-state index contributed by atoms with van der Waals surface area (Å²) in [5, 5.41) is 0. The molecule has 152 valence electrons. The Morgan fingerprint density at radius 2 is 1.76 bits per heavy atom. The molecule has 0 N–H and O–H groups in total. The number of fused-ring (bicyclic) bond motifs is 1. The molecule has 0 aromatic heterocycles. The Hall–Kier alpha value is -2.66. The first-order valence-corrected chi connectivity index (χ1v) is 10.4. The van der Waals surface area contributed by atoms with E-state index in [1.54, 1.807) is 0 Å². The summed E-state index contributed by atoms with van der Waals surface area (Å²) in [7, 11) is 1.43. The zero-order valence-corrected chi connectivity index (χ0v) is 17.1. The summed E-state index contributed by atoms with van der Waals surface area (Å²) in [6.07, 6.45) is 1.62. The summed E-state index contributed by atoms with van der Waals surface area (Å²) >= 11 is 0. The van der Waals surface area contributed by atoms with Gasteiger partial charge in [-0.25, -0.2) is 0 Å². The van der Waals surface area contributed by atoms with Gasteiger partial charge >= 0.3 is 5.97 Å². The van der Waals surface area contributed by atoms with Crippen molar-refractivity contribution in [2.24, 2.45) is 5.92 Å². The number of piperazine rings is 1. The van der Waals surface area contributed by atoms with Crippen molar-refractivity contribution in [3.8, 4) is 0 Å². The first-order chi connectivity index (χ1) is 14.1. The zero-order chi connectivity index (χ0) is 20.4. The fraction of sp³-hybridized carbons (Fsp3) is 0.417. The molecule has 0 spiro atoms. The molecule has 0 saturated carbocycles. The van der Waals surface area contributed by atoms with Gasteiger partial charge in [0.25, 0.3) is 0 Å². The molecule has 29 heavy (non-hydrogen) atoms. The lowest BCUT2D eigenvalue weighted by Gasteiger charge is -2.40. The third kappa shape index (κ3) is 3.79. The average Bonchev–Trinajstić information content (AvgIpc) is 3.14. The van der Waals surface area contributed by atoms with Crippen LogP contribution in [0, 0.1) is 5.92 Å². The topological polar surface area (TPSA) is 49.9 Å². The standard InChI is InChI=1S/C24H28N2O3/c1-3-17-9-7-8-12-19(17)14-25-15-20-13-21(24(28)29-2)23(26(20)22(27)16-25)18-10-5-4-6-11-18/h4-12,20-21,23H,3,13-16H2,1-2H3/t20-,21-,23-/m0/s1. The highest BCUT2D eigenvalue weighted by Crippen LogP contribution is 2.43. The Morgan fingerprint density at radius 1 is 1.07 bits per heavy atom. The van der Waals surface area contributed by atoms with Gasteiger partial charge in [-0.05, 0) is 29.5 Å². The van der Waals surface area contributed by atoms with Gasteiger partial charge in [-0.15, -0.1) is 0 Å². The van der Waals surface area contributed by atoms with Gasteiger partial charge in [0.2, 0.25) is 5.91 Å². The molecule has 2 aliphatic rings. The second-order valence-corrected chi connectivity index (χ2v) is 7.97. The number of hydrogen-bond donors (Lipinski definition) is 0. The van der Waals surface area contributed by atoms with E-state index in [-0.39, 0.29) is 29.9 Å². The van der Waals surface area contributed by atoms with Gasteiger partial charge in [0.15, 0.2) is 0 Å². The quantitative estimate of drug-likeness (QED) is 0.734. The second-order valence-electron chi connectivity index (χ2n) is 7.97. The molecule has 5 heteroatoms. The Bertz CT molecular complexity index is 883. The molecule has 2 fully saturated rings. The zero-order valence-electron chi connectivity index (χ0n) is 17.1. The minimum absolute atomic E-state index is 0.0272. The SMILES string of the molecule is CCc1ccccc1CN1CC(=O)N2[C@@H](C[C@H](C(=O)OC)[C@@H]2c2ccccc2)C1. The Labute approximate surface area is 172 Å². The fourth-order valence-corrected chi connectivity index (χ4v) is 4.95. The maximum Gasteiger partial charge on any atom is 0.311 e. The molecule has 3 atom stereocenters. The molecule has 2 aromatic rings. The Morgan fingerprint density at radius 3 is 2.45 bits per heavy atom. The maximum absolute atomic E-state index is 13.2. The molecule has 2 saturated heterocycles. The largest absolute Gasteiger partial charge is 0.469 e. The molecule has 0 bridgehead atoms. The summed E-state index contributed by atoms with van der Waals surface area (Å²) in [6.45, 7) is 4.08. The van der Waals surface area contributed by atoms with Crippen LogP contribution in [0.2, 0.25) is 0 Å². The maximum atomic E-state index is 13.2. The number of methoxy groups -OCH3 is 1. The van der Waals surface area contributed by atoms with Gasteiger partial charge in [0.05, 0.1) is 25.6 Å². The molecule has 0 aliphatic carbocycles. The van der Waals surface area contributed by atoms with Crippen molar-refractivity contribution >= 4 is 11.9 Å². The number of esters is 1. The molecule has 4 rings (SSSR count). The lowest BCUT2D eigenvalue weighted by Crippen LogP contribution is -2.54. The monoisotopic (exact) mass is 392 g/mol. The van der Waals surface area contributed by atoms with Gasteiger partial charge < -0.3 is 9.64 Å². The van der Waals surface area contributed by atoms with E-state index >= 15 is 0 Å². The van der Waals surface area contributed by atoms with Crippen molar-refractivity contribution in [3.63, 3.8) is 0 Å². The van der Waals surface area contributed by atoms with Crippen LogP contribution in [0.5, 0.6) is 0 Å². The number of hydrogen-bond acceptors (Lipinski definition) is 4. The van der Waals surface area contributed by atoms with E-state index in [4.69, 9.17) is 4.74 Å². The van der Waals surface area contributed by atoms with E-state index in [0.29, 0.717) is 13.0 Å². The van der Waals surface area contributed by atoms with Crippen LogP contribution in [0.3, 0.4) is 0 Å². The van der Waals surface area contributed by atoms with Crippen LogP contribution in [0.15, 0.2) is 54.6 Å². The fourth-order valence-electron chi connectivity index (χ4n) is 4.95. The lowest BCUT2D eigenvalue weighted by molar-refractivity contribution is -0.147. The molecule has 1 amide bonds. The van der Waals surface area contributed by atoms with E-state index in [2.05, 4.69) is 36.1 Å². The third-order valence-corrected chi connectivity index (χ3v) is 6.25. The first kappa shape index (κ1) is 19.6. The Balaban J connectivity index is 1.58. The highest BCUT2D eigenvalue weighted by Gasteiger charge is 2.50. The highest BCUT2D eigenvalue weighted by atomic mass is 16.5. The molecular formula is C24H28N2O3. The summed E-state index contributed by atoms with van der Waals surface area (Å²) in [6, 6.07) is 18.1. The van der Waals surface area contributed by atoms with Crippen LogP contribution in [0.25, 0.3) is 0 Å². The van der Waals surface area contributed by atoms with Crippen molar-refractivity contribution in [1.29, 1.82) is 0 Å². The molecule has 2 aromatic carbocycles. The summed E-state index contributed by atoms with van der Waals surface area (Å²) in [5.41, 5.74) is 3.60. The van der Waals surface area contributed by atoms with Gasteiger partial charge in [0, 0.05) is 19.1 Å². The van der Waals surface area contributed by atoms with Crippen molar-refractivity contribution < 1.29 is 14.3 Å². The van der Waals surface area contributed by atoms with Gasteiger partial charge in [0.1, 0.15) is 0 Å². The van der Waals surface area contributed by atoms with Crippen LogP contribution < -0.4 is 0 Å². The predicted octanol–water partition coefficient (Wildman–Crippen LogP) is 3.20. The number of ether oxygens (including phenoxy) is 1. The van der Waals surface area contributed by atoms with Crippen molar-refractivity contribution in [3.05, 3.63) is 71.3 Å². The molecule has 2 heterocycles. The smallest absolute Gasteiger partial charge is 0.311 e. The van der Waals surface area contributed by atoms with E-state index in [0.717, 1.165) is 25.1 Å².